The predicted molar refractivity (Wildman–Crippen MR) is 70.3 cm³/mol. The first kappa shape index (κ1) is 12.4. The summed E-state index contributed by atoms with van der Waals surface area (Å²) in [5.41, 5.74) is 2.73. The molecule has 0 aliphatic rings. The van der Waals surface area contributed by atoms with Gasteiger partial charge in [-0.05, 0) is 17.7 Å². The third kappa shape index (κ3) is 2.03. The van der Waals surface area contributed by atoms with Crippen molar-refractivity contribution in [3.63, 3.8) is 0 Å². The summed E-state index contributed by atoms with van der Waals surface area (Å²) < 4.78 is 3.23. The molecule has 0 radical (unpaired) electrons. The van der Waals surface area contributed by atoms with Crippen molar-refractivity contribution in [2.75, 3.05) is 0 Å². The van der Waals surface area contributed by atoms with Crippen LogP contribution in [0, 0.1) is 0 Å². The Hall–Kier alpha value is -2.04. The van der Waals surface area contributed by atoms with Crippen LogP contribution < -0.4 is 11.0 Å². The van der Waals surface area contributed by atoms with E-state index in [1.54, 1.807) is 23.2 Å². The summed E-state index contributed by atoms with van der Waals surface area (Å²) in [5.74, 6) is 0.0250. The van der Waals surface area contributed by atoms with Crippen molar-refractivity contribution in [3.8, 4) is 0 Å². The Balaban J connectivity index is 2.36. The second kappa shape index (κ2) is 4.68. The molecule has 5 heteroatoms. The summed E-state index contributed by atoms with van der Waals surface area (Å²) in [7, 11) is 3.50. The zero-order valence-corrected chi connectivity index (χ0v) is 10.9. The largest absolute Gasteiger partial charge is 0.352 e. The van der Waals surface area contributed by atoms with Crippen LogP contribution in [-0.2, 0) is 25.4 Å². The lowest BCUT2D eigenvalue weighted by Crippen LogP contribution is -2.21. The van der Waals surface area contributed by atoms with Crippen molar-refractivity contribution in [2.45, 2.75) is 19.9 Å². The molecule has 0 atom stereocenters. The summed E-state index contributed by atoms with van der Waals surface area (Å²) in [6, 6.07) is 5.77. The molecule has 18 heavy (non-hydrogen) atoms. The third-order valence-corrected chi connectivity index (χ3v) is 3.15. The molecule has 1 heterocycles. The van der Waals surface area contributed by atoms with Crippen molar-refractivity contribution in [1.82, 2.24) is 14.5 Å². The number of nitrogens with zero attached hydrogens (tertiary/aromatic N) is 2. The zero-order chi connectivity index (χ0) is 13.3. The van der Waals surface area contributed by atoms with Crippen LogP contribution in [0.15, 0.2) is 23.0 Å². The fourth-order valence-electron chi connectivity index (χ4n) is 1.99. The molecule has 5 nitrogen and oxygen atoms in total. The van der Waals surface area contributed by atoms with Gasteiger partial charge in [-0.1, -0.05) is 13.0 Å². The number of hydrogen-bond acceptors (Lipinski definition) is 2. The van der Waals surface area contributed by atoms with Gasteiger partial charge in [-0.2, -0.15) is 0 Å². The molecule has 0 bridgehead atoms. The second-order valence-corrected chi connectivity index (χ2v) is 4.35. The highest BCUT2D eigenvalue weighted by molar-refractivity contribution is 5.78. The molecule has 0 unspecified atom stereocenters. The summed E-state index contributed by atoms with van der Waals surface area (Å²) in [6.45, 7) is 2.31. The van der Waals surface area contributed by atoms with Gasteiger partial charge in [-0.3, -0.25) is 13.9 Å². The highest BCUT2D eigenvalue weighted by Crippen LogP contribution is 2.13. The normalized spacial score (nSPS) is 10.8. The average Bonchev–Trinajstić information content (AvgIpc) is 2.61. The van der Waals surface area contributed by atoms with Gasteiger partial charge in [0.15, 0.2) is 0 Å². The van der Waals surface area contributed by atoms with Crippen LogP contribution in [0.4, 0.5) is 0 Å². The molecule has 0 saturated heterocycles. The molecule has 1 aromatic heterocycles. The SMILES string of the molecule is CCC(=O)NCc1ccc2c(c1)n(C)c(=O)n2C. The van der Waals surface area contributed by atoms with Gasteiger partial charge in [0.1, 0.15) is 0 Å². The molecule has 0 fully saturated rings. The van der Waals surface area contributed by atoms with Gasteiger partial charge in [0.05, 0.1) is 11.0 Å². The molecule has 0 spiro atoms. The van der Waals surface area contributed by atoms with Crippen molar-refractivity contribution in [1.29, 1.82) is 0 Å². The number of aromatic nitrogens is 2. The van der Waals surface area contributed by atoms with Crippen LogP contribution in [0.3, 0.4) is 0 Å². The van der Waals surface area contributed by atoms with Crippen LogP contribution in [-0.4, -0.2) is 15.0 Å². The van der Waals surface area contributed by atoms with Crippen molar-refractivity contribution < 1.29 is 4.79 Å². The summed E-state index contributed by atoms with van der Waals surface area (Å²) >= 11 is 0. The highest BCUT2D eigenvalue weighted by Gasteiger charge is 2.08. The Morgan fingerprint density at radius 3 is 2.56 bits per heavy atom. The minimum atomic E-state index is -0.0419. The van der Waals surface area contributed by atoms with Crippen LogP contribution in [0.2, 0.25) is 0 Å². The number of amides is 1. The number of carbonyl (C=O) groups is 1. The molecule has 0 aliphatic carbocycles. The molecule has 2 rings (SSSR count). The van der Waals surface area contributed by atoms with Crippen LogP contribution >= 0.6 is 0 Å². The molecule has 0 saturated carbocycles. The maximum absolute atomic E-state index is 11.8. The number of imidazole rings is 1. The lowest BCUT2D eigenvalue weighted by atomic mass is 10.2. The topological polar surface area (TPSA) is 56.0 Å². The predicted octanol–water partition coefficient (Wildman–Crippen LogP) is 0.903. The highest BCUT2D eigenvalue weighted by atomic mass is 16.2. The number of rotatable bonds is 3. The van der Waals surface area contributed by atoms with E-state index in [1.165, 1.54) is 0 Å². The molecule has 1 N–H and O–H groups in total. The number of aryl methyl sites for hydroxylation is 2. The summed E-state index contributed by atoms with van der Waals surface area (Å²) in [6.07, 6.45) is 0.478. The first-order valence-electron chi connectivity index (χ1n) is 5.95. The van der Waals surface area contributed by atoms with E-state index in [0.717, 1.165) is 16.6 Å². The lowest BCUT2D eigenvalue weighted by molar-refractivity contribution is -0.120. The van der Waals surface area contributed by atoms with E-state index in [-0.39, 0.29) is 11.6 Å². The number of hydrogen-bond donors (Lipinski definition) is 1. The van der Waals surface area contributed by atoms with Gasteiger partial charge in [0, 0.05) is 27.1 Å². The van der Waals surface area contributed by atoms with Crippen molar-refractivity contribution in [2.24, 2.45) is 14.1 Å². The Bertz CT molecular complexity index is 652. The van der Waals surface area contributed by atoms with Crippen LogP contribution in [0.5, 0.6) is 0 Å². The van der Waals surface area contributed by atoms with Gasteiger partial charge in [0.2, 0.25) is 5.91 Å². The Kier molecular flexibility index (Phi) is 3.23. The van der Waals surface area contributed by atoms with E-state index in [1.807, 2.05) is 25.1 Å². The molecule has 1 aromatic carbocycles. The first-order chi connectivity index (χ1) is 8.54. The number of fused-ring (bicyclic) bond motifs is 1. The number of benzene rings is 1. The van der Waals surface area contributed by atoms with Gasteiger partial charge in [-0.15, -0.1) is 0 Å². The van der Waals surface area contributed by atoms with Gasteiger partial charge >= 0.3 is 5.69 Å². The average molecular weight is 247 g/mol. The molecular formula is C13H17N3O2. The fourth-order valence-corrected chi connectivity index (χ4v) is 1.99. The lowest BCUT2D eigenvalue weighted by Gasteiger charge is -2.04. The monoisotopic (exact) mass is 247 g/mol. The smallest absolute Gasteiger partial charge is 0.328 e. The fraction of sp³-hybridized carbons (Fsp3) is 0.385. The Labute approximate surface area is 105 Å². The molecular weight excluding hydrogens is 230 g/mol. The maximum atomic E-state index is 11.8. The Morgan fingerprint density at radius 1 is 1.22 bits per heavy atom. The molecule has 2 aromatic rings. The summed E-state index contributed by atoms with van der Waals surface area (Å²) in [5, 5.41) is 2.82. The van der Waals surface area contributed by atoms with E-state index in [4.69, 9.17) is 0 Å². The van der Waals surface area contributed by atoms with Crippen LogP contribution in [0.25, 0.3) is 11.0 Å². The minimum absolute atomic E-state index is 0.0250. The van der Waals surface area contributed by atoms with E-state index in [0.29, 0.717) is 13.0 Å². The first-order valence-corrected chi connectivity index (χ1v) is 5.95. The standard InChI is InChI=1S/C13H17N3O2/c1-4-12(17)14-8-9-5-6-10-11(7-9)16(3)13(18)15(10)2/h5-7H,4,8H2,1-3H3,(H,14,17). The third-order valence-electron chi connectivity index (χ3n) is 3.15. The van der Waals surface area contributed by atoms with Gasteiger partial charge in [0.25, 0.3) is 0 Å². The Morgan fingerprint density at radius 2 is 1.89 bits per heavy atom. The van der Waals surface area contributed by atoms with Crippen molar-refractivity contribution in [3.05, 3.63) is 34.2 Å². The number of carbonyl (C=O) groups excluding carboxylic acids is 1. The van der Waals surface area contributed by atoms with Crippen LogP contribution in [0.1, 0.15) is 18.9 Å². The summed E-state index contributed by atoms with van der Waals surface area (Å²) in [4.78, 5) is 23.0. The second-order valence-electron chi connectivity index (χ2n) is 4.35. The number of nitrogens with one attached hydrogen (secondary N) is 1. The molecule has 0 aliphatic heterocycles. The molecule has 96 valence electrons. The van der Waals surface area contributed by atoms with E-state index < -0.39 is 0 Å². The van der Waals surface area contributed by atoms with E-state index in [9.17, 15) is 9.59 Å². The minimum Gasteiger partial charge on any atom is -0.352 e. The van der Waals surface area contributed by atoms with Crippen molar-refractivity contribution >= 4 is 16.9 Å². The zero-order valence-electron chi connectivity index (χ0n) is 10.9. The van der Waals surface area contributed by atoms with E-state index >= 15 is 0 Å². The quantitative estimate of drug-likeness (QED) is 0.876. The maximum Gasteiger partial charge on any atom is 0.328 e. The van der Waals surface area contributed by atoms with Gasteiger partial charge < -0.3 is 5.32 Å². The molecule has 1 amide bonds. The van der Waals surface area contributed by atoms with E-state index in [2.05, 4.69) is 5.32 Å². The van der Waals surface area contributed by atoms with Gasteiger partial charge in [-0.25, -0.2) is 4.79 Å².